The highest BCUT2D eigenvalue weighted by Crippen LogP contribution is 2.27. The van der Waals surface area contributed by atoms with E-state index < -0.39 is 0 Å². The number of anilines is 1. The molecule has 1 fully saturated rings. The Balaban J connectivity index is 2.07. The third-order valence-electron chi connectivity index (χ3n) is 4.31. The first-order valence-electron chi connectivity index (χ1n) is 8.22. The SMILES string of the molecule is CCCC1CCCCN1c1ccc(C(C)NCC)nc1. The van der Waals surface area contributed by atoms with Gasteiger partial charge in [0.05, 0.1) is 17.6 Å². The molecule has 2 unspecified atom stereocenters. The van der Waals surface area contributed by atoms with Crippen LogP contribution in [0.25, 0.3) is 0 Å². The molecule has 0 spiro atoms. The van der Waals surface area contributed by atoms with Gasteiger partial charge in [0.25, 0.3) is 0 Å². The van der Waals surface area contributed by atoms with Crippen molar-refractivity contribution in [3.63, 3.8) is 0 Å². The van der Waals surface area contributed by atoms with Gasteiger partial charge in [0.1, 0.15) is 0 Å². The van der Waals surface area contributed by atoms with Gasteiger partial charge in [0.2, 0.25) is 0 Å². The summed E-state index contributed by atoms with van der Waals surface area (Å²) in [5.74, 6) is 0. The molecule has 1 aromatic heterocycles. The summed E-state index contributed by atoms with van der Waals surface area (Å²) in [6.45, 7) is 8.76. The van der Waals surface area contributed by atoms with Crippen LogP contribution in [0.2, 0.25) is 0 Å². The predicted molar refractivity (Wildman–Crippen MR) is 86.2 cm³/mol. The summed E-state index contributed by atoms with van der Waals surface area (Å²) in [7, 11) is 0. The monoisotopic (exact) mass is 275 g/mol. The summed E-state index contributed by atoms with van der Waals surface area (Å²) in [6, 6.07) is 5.49. The van der Waals surface area contributed by atoms with Crippen LogP contribution in [0.1, 0.15) is 64.6 Å². The first kappa shape index (κ1) is 15.3. The molecule has 1 aliphatic heterocycles. The molecule has 112 valence electrons. The first-order chi connectivity index (χ1) is 9.76. The van der Waals surface area contributed by atoms with Crippen LogP contribution in [0.15, 0.2) is 18.3 Å². The maximum Gasteiger partial charge on any atom is 0.0572 e. The van der Waals surface area contributed by atoms with E-state index in [2.05, 4.69) is 54.3 Å². The largest absolute Gasteiger partial charge is 0.367 e. The number of rotatable bonds is 6. The zero-order valence-corrected chi connectivity index (χ0v) is 13.2. The van der Waals surface area contributed by atoms with Gasteiger partial charge >= 0.3 is 0 Å². The van der Waals surface area contributed by atoms with Crippen LogP contribution in [-0.2, 0) is 0 Å². The molecule has 1 N–H and O–H groups in total. The molecule has 0 aliphatic carbocycles. The molecular formula is C17H29N3. The molecule has 0 aromatic carbocycles. The van der Waals surface area contributed by atoms with Crippen LogP contribution in [0.4, 0.5) is 5.69 Å². The highest BCUT2D eigenvalue weighted by molar-refractivity contribution is 5.46. The first-order valence-corrected chi connectivity index (χ1v) is 8.22. The van der Waals surface area contributed by atoms with Crippen molar-refractivity contribution in [1.29, 1.82) is 0 Å². The Kier molecular flexibility index (Phi) is 5.84. The van der Waals surface area contributed by atoms with Gasteiger partial charge in [0.15, 0.2) is 0 Å². The lowest BCUT2D eigenvalue weighted by atomic mass is 9.97. The van der Waals surface area contributed by atoms with Crippen molar-refractivity contribution in [2.75, 3.05) is 18.0 Å². The van der Waals surface area contributed by atoms with E-state index in [9.17, 15) is 0 Å². The second-order valence-corrected chi connectivity index (χ2v) is 5.85. The van der Waals surface area contributed by atoms with Gasteiger partial charge in [0, 0.05) is 18.6 Å². The highest BCUT2D eigenvalue weighted by Gasteiger charge is 2.22. The van der Waals surface area contributed by atoms with Gasteiger partial charge in [-0.15, -0.1) is 0 Å². The fourth-order valence-corrected chi connectivity index (χ4v) is 3.21. The Morgan fingerprint density at radius 1 is 1.35 bits per heavy atom. The Morgan fingerprint density at radius 2 is 2.20 bits per heavy atom. The quantitative estimate of drug-likeness (QED) is 0.853. The Morgan fingerprint density at radius 3 is 2.85 bits per heavy atom. The molecule has 2 heterocycles. The van der Waals surface area contributed by atoms with Crippen LogP contribution in [-0.4, -0.2) is 24.1 Å². The molecular weight excluding hydrogens is 246 g/mol. The normalized spacial score (nSPS) is 20.9. The Hall–Kier alpha value is -1.09. The average molecular weight is 275 g/mol. The molecule has 2 atom stereocenters. The zero-order chi connectivity index (χ0) is 14.4. The van der Waals surface area contributed by atoms with Crippen LogP contribution in [0.3, 0.4) is 0 Å². The number of nitrogens with one attached hydrogen (secondary N) is 1. The third kappa shape index (κ3) is 3.72. The van der Waals surface area contributed by atoms with Gasteiger partial charge in [-0.05, 0) is 51.3 Å². The summed E-state index contributed by atoms with van der Waals surface area (Å²) in [5.41, 5.74) is 2.44. The topological polar surface area (TPSA) is 28.2 Å². The third-order valence-corrected chi connectivity index (χ3v) is 4.31. The van der Waals surface area contributed by atoms with E-state index in [4.69, 9.17) is 0 Å². The number of aromatic nitrogens is 1. The molecule has 1 aromatic rings. The Labute approximate surface area is 123 Å². The number of nitrogens with zero attached hydrogens (tertiary/aromatic N) is 2. The second kappa shape index (κ2) is 7.63. The zero-order valence-electron chi connectivity index (χ0n) is 13.2. The fraction of sp³-hybridized carbons (Fsp3) is 0.706. The minimum absolute atomic E-state index is 0.335. The van der Waals surface area contributed by atoms with Gasteiger partial charge in [-0.1, -0.05) is 20.3 Å². The lowest BCUT2D eigenvalue weighted by Gasteiger charge is -2.37. The van der Waals surface area contributed by atoms with Crippen LogP contribution in [0, 0.1) is 0 Å². The van der Waals surface area contributed by atoms with Gasteiger partial charge < -0.3 is 10.2 Å². The van der Waals surface area contributed by atoms with Crippen molar-refractivity contribution in [1.82, 2.24) is 10.3 Å². The van der Waals surface area contributed by atoms with Crippen LogP contribution >= 0.6 is 0 Å². The number of pyridine rings is 1. The summed E-state index contributed by atoms with van der Waals surface area (Å²) >= 11 is 0. The summed E-state index contributed by atoms with van der Waals surface area (Å²) < 4.78 is 0. The smallest absolute Gasteiger partial charge is 0.0572 e. The molecule has 1 aliphatic rings. The summed E-state index contributed by atoms with van der Waals surface area (Å²) in [4.78, 5) is 7.23. The molecule has 0 bridgehead atoms. The maximum absolute atomic E-state index is 4.66. The predicted octanol–water partition coefficient (Wildman–Crippen LogP) is 3.91. The summed E-state index contributed by atoms with van der Waals surface area (Å²) in [5, 5.41) is 3.41. The van der Waals surface area contributed by atoms with E-state index in [-0.39, 0.29) is 0 Å². The van der Waals surface area contributed by atoms with Crippen molar-refractivity contribution in [3.8, 4) is 0 Å². The molecule has 2 rings (SSSR count). The standard InChI is InChI=1S/C17H29N3/c1-4-8-15-9-6-7-12-20(15)16-10-11-17(19-13-16)14(3)18-5-2/h10-11,13-15,18H,4-9,12H2,1-3H3. The van der Waals surface area contributed by atoms with Crippen molar-refractivity contribution in [2.45, 2.75) is 65.0 Å². The molecule has 0 radical (unpaired) electrons. The number of hydrogen-bond donors (Lipinski definition) is 1. The van der Waals surface area contributed by atoms with E-state index in [1.807, 2.05) is 0 Å². The highest BCUT2D eigenvalue weighted by atomic mass is 15.2. The minimum Gasteiger partial charge on any atom is -0.367 e. The van der Waals surface area contributed by atoms with E-state index >= 15 is 0 Å². The maximum atomic E-state index is 4.66. The van der Waals surface area contributed by atoms with E-state index in [0.29, 0.717) is 12.1 Å². The van der Waals surface area contributed by atoms with E-state index in [1.165, 1.54) is 44.3 Å². The van der Waals surface area contributed by atoms with Crippen molar-refractivity contribution >= 4 is 5.69 Å². The van der Waals surface area contributed by atoms with E-state index in [0.717, 1.165) is 12.2 Å². The number of hydrogen-bond acceptors (Lipinski definition) is 3. The molecule has 20 heavy (non-hydrogen) atoms. The van der Waals surface area contributed by atoms with Crippen molar-refractivity contribution < 1.29 is 0 Å². The molecule has 1 saturated heterocycles. The Bertz CT molecular complexity index is 386. The molecule has 0 saturated carbocycles. The minimum atomic E-state index is 0.335. The lowest BCUT2D eigenvalue weighted by Crippen LogP contribution is -2.39. The second-order valence-electron chi connectivity index (χ2n) is 5.85. The molecule has 0 amide bonds. The number of piperidine rings is 1. The molecule has 3 nitrogen and oxygen atoms in total. The lowest BCUT2D eigenvalue weighted by molar-refractivity contribution is 0.434. The molecule has 3 heteroatoms. The van der Waals surface area contributed by atoms with Gasteiger partial charge in [-0.25, -0.2) is 0 Å². The van der Waals surface area contributed by atoms with Crippen molar-refractivity contribution in [2.24, 2.45) is 0 Å². The van der Waals surface area contributed by atoms with Gasteiger partial charge in [-0.3, -0.25) is 4.98 Å². The summed E-state index contributed by atoms with van der Waals surface area (Å²) in [6.07, 6.45) is 8.67. The van der Waals surface area contributed by atoms with Crippen LogP contribution < -0.4 is 10.2 Å². The van der Waals surface area contributed by atoms with Gasteiger partial charge in [-0.2, -0.15) is 0 Å². The van der Waals surface area contributed by atoms with E-state index in [1.54, 1.807) is 0 Å². The fourth-order valence-electron chi connectivity index (χ4n) is 3.21. The average Bonchev–Trinajstić information content (AvgIpc) is 2.49. The van der Waals surface area contributed by atoms with Crippen LogP contribution in [0.5, 0.6) is 0 Å². The van der Waals surface area contributed by atoms with Crippen molar-refractivity contribution in [3.05, 3.63) is 24.0 Å².